The van der Waals surface area contributed by atoms with E-state index in [9.17, 15) is 0 Å². The molecule has 0 unspecified atom stereocenters. The SMILES string of the molecule is O.O.O.O.O.O.O.O.O=[N+]([O-])[O-].O=[N+]([O-])[O-].O=[N+]([O-])[O-].[Al+3]. The number of hydrogen-bond acceptors (Lipinski definition) is 9. The molecule has 0 amide bonds. The molecule has 21 heavy (non-hydrogen) atoms. The van der Waals surface area contributed by atoms with Crippen molar-refractivity contribution < 1.29 is 59.1 Å². The van der Waals surface area contributed by atoms with Gasteiger partial charge in [-0.25, -0.2) is 0 Å². The van der Waals surface area contributed by atoms with Gasteiger partial charge in [0.05, 0.1) is 15.3 Å². The fraction of sp³-hybridized carbons (Fsp3) is 0. The molecule has 0 spiro atoms. The van der Waals surface area contributed by atoms with Crippen molar-refractivity contribution >= 4 is 17.4 Å². The molecule has 0 radical (unpaired) electrons. The second kappa shape index (κ2) is 108. The zero-order valence-electron chi connectivity index (χ0n) is 9.59. The second-order valence-corrected chi connectivity index (χ2v) is 0.671. The average Bonchev–Trinajstić information content (AvgIpc) is 1.54. The zero-order chi connectivity index (χ0) is 10.7. The van der Waals surface area contributed by atoms with E-state index >= 15 is 0 Å². The second-order valence-electron chi connectivity index (χ2n) is 0.671. The maximum atomic E-state index is 8.25. The van der Waals surface area contributed by atoms with Gasteiger partial charge >= 0.3 is 17.4 Å². The third-order valence-electron chi connectivity index (χ3n) is 0. The van der Waals surface area contributed by atoms with Crippen LogP contribution in [-0.2, 0) is 0 Å². The van der Waals surface area contributed by atoms with Crippen LogP contribution in [0.4, 0.5) is 0 Å². The average molecular weight is 357 g/mol. The van der Waals surface area contributed by atoms with Gasteiger partial charge in [-0.1, -0.05) is 0 Å². The van der Waals surface area contributed by atoms with E-state index in [-0.39, 0.29) is 61.2 Å². The van der Waals surface area contributed by atoms with Crippen molar-refractivity contribution in [3.63, 3.8) is 0 Å². The molecule has 0 saturated carbocycles. The van der Waals surface area contributed by atoms with Gasteiger partial charge in [0.25, 0.3) is 0 Å². The first-order valence-corrected chi connectivity index (χ1v) is 1.64. The van der Waals surface area contributed by atoms with Crippen molar-refractivity contribution in [2.75, 3.05) is 0 Å². The largest absolute Gasteiger partial charge is 3.00 e. The molecule has 0 heterocycles. The summed E-state index contributed by atoms with van der Waals surface area (Å²) in [6, 6.07) is 0. The van der Waals surface area contributed by atoms with Crippen LogP contribution in [0.3, 0.4) is 0 Å². The monoisotopic (exact) mass is 357 g/mol. The maximum absolute atomic E-state index is 8.25. The molecule has 0 rings (SSSR count). The summed E-state index contributed by atoms with van der Waals surface area (Å²) in [5, 5.41) is 44.2. The molecule has 0 aromatic heterocycles. The van der Waals surface area contributed by atoms with Gasteiger partial charge in [-0.15, -0.1) is 0 Å². The van der Waals surface area contributed by atoms with Crippen molar-refractivity contribution in [3.8, 4) is 0 Å². The smallest absolute Gasteiger partial charge is 0.412 e. The van der Waals surface area contributed by atoms with Gasteiger partial charge in [-0.3, -0.25) is 0 Å². The Kier molecular flexibility index (Phi) is 664. The van der Waals surface area contributed by atoms with E-state index in [0.29, 0.717) is 0 Å². The minimum absolute atomic E-state index is 0. The summed E-state index contributed by atoms with van der Waals surface area (Å²) >= 11 is 0. The third kappa shape index (κ3) is 931. The van der Waals surface area contributed by atoms with Gasteiger partial charge in [-0.2, -0.15) is 0 Å². The van der Waals surface area contributed by atoms with Crippen molar-refractivity contribution in [2.45, 2.75) is 0 Å². The third-order valence-corrected chi connectivity index (χ3v) is 0. The Labute approximate surface area is 123 Å². The first kappa shape index (κ1) is 129. The molecule has 0 aromatic rings. The zero-order valence-corrected chi connectivity index (χ0v) is 10.7. The van der Waals surface area contributed by atoms with E-state index in [1.807, 2.05) is 0 Å². The summed E-state index contributed by atoms with van der Waals surface area (Å²) in [5.74, 6) is 0. The van der Waals surface area contributed by atoms with E-state index in [1.54, 1.807) is 0 Å². The fourth-order valence-corrected chi connectivity index (χ4v) is 0. The van der Waals surface area contributed by atoms with Crippen molar-refractivity contribution in [1.29, 1.82) is 0 Å². The Morgan fingerprint density at radius 3 is 0.381 bits per heavy atom. The molecule has 0 atom stereocenters. The summed E-state index contributed by atoms with van der Waals surface area (Å²) in [4.78, 5) is 24.8. The number of rotatable bonds is 0. The standard InChI is InChI=1S/Al.3NO3.8H2O/c;3*2-1(3)4;;;;;;;;/h;;;;8*1H2/q+3;3*-1;;;;;;;;. The molecular weight excluding hydrogens is 341 g/mol. The normalized spacial score (nSPS) is 3.43. The van der Waals surface area contributed by atoms with Gasteiger partial charge < -0.3 is 89.8 Å². The quantitative estimate of drug-likeness (QED) is 0.225. The molecule has 20 nitrogen and oxygen atoms in total. The predicted octanol–water partition coefficient (Wildman–Crippen LogP) is -7.70. The molecule has 0 aliphatic carbocycles. The van der Waals surface area contributed by atoms with Crippen molar-refractivity contribution in [2.24, 2.45) is 0 Å². The van der Waals surface area contributed by atoms with Crippen LogP contribution in [0.15, 0.2) is 0 Å². The topological polar surface area (TPSA) is 451 Å². The summed E-state index contributed by atoms with van der Waals surface area (Å²) in [7, 11) is 0. The molecule has 0 aliphatic heterocycles. The molecule has 0 aromatic carbocycles. The minimum Gasteiger partial charge on any atom is -0.412 e. The molecule has 0 fully saturated rings. The summed E-state index contributed by atoms with van der Waals surface area (Å²) in [6.07, 6.45) is 0. The maximum Gasteiger partial charge on any atom is 3.00 e. The van der Waals surface area contributed by atoms with Crippen LogP contribution in [0.25, 0.3) is 0 Å². The molecule has 16 N–H and O–H groups in total. The van der Waals surface area contributed by atoms with Crippen LogP contribution >= 0.6 is 0 Å². The Morgan fingerprint density at radius 2 is 0.381 bits per heavy atom. The fourth-order valence-electron chi connectivity index (χ4n) is 0. The van der Waals surface area contributed by atoms with Gasteiger partial charge in [0.15, 0.2) is 0 Å². The number of hydrogen-bond donors (Lipinski definition) is 0. The summed E-state index contributed by atoms with van der Waals surface area (Å²) in [5.41, 5.74) is 0. The molecule has 136 valence electrons. The summed E-state index contributed by atoms with van der Waals surface area (Å²) < 4.78 is 0. The van der Waals surface area contributed by atoms with Crippen LogP contribution in [0.2, 0.25) is 0 Å². The van der Waals surface area contributed by atoms with Gasteiger partial charge in [0, 0.05) is 0 Å². The van der Waals surface area contributed by atoms with Crippen LogP contribution < -0.4 is 0 Å². The van der Waals surface area contributed by atoms with Crippen molar-refractivity contribution in [1.82, 2.24) is 0 Å². The minimum atomic E-state index is -1.75. The van der Waals surface area contributed by atoms with E-state index in [2.05, 4.69) is 0 Å². The van der Waals surface area contributed by atoms with Crippen LogP contribution in [0.1, 0.15) is 0 Å². The molecule has 0 aliphatic rings. The first-order chi connectivity index (χ1) is 5.20. The molecule has 21 heteroatoms. The van der Waals surface area contributed by atoms with E-state index < -0.39 is 15.3 Å². The van der Waals surface area contributed by atoms with E-state index in [1.165, 1.54) is 0 Å². The van der Waals surface area contributed by atoms with Crippen molar-refractivity contribution in [3.05, 3.63) is 46.0 Å². The first-order valence-electron chi connectivity index (χ1n) is 1.64. The molecule has 0 bridgehead atoms. The Hall–Kier alpha value is -2.19. The van der Waals surface area contributed by atoms with Crippen LogP contribution in [0, 0.1) is 46.0 Å². The molecular formula is H16AlN3O17. The predicted molar refractivity (Wildman–Crippen MR) is 65.7 cm³/mol. The number of nitrogens with zero attached hydrogens (tertiary/aromatic N) is 3. The van der Waals surface area contributed by atoms with Gasteiger partial charge in [-0.05, 0) is 0 Å². The molecule has 0 saturated heterocycles. The van der Waals surface area contributed by atoms with Crippen LogP contribution in [-0.4, -0.2) is 76.4 Å². The Balaban J connectivity index is -0.00000000476. The van der Waals surface area contributed by atoms with Crippen LogP contribution in [0.5, 0.6) is 0 Å². The summed E-state index contributed by atoms with van der Waals surface area (Å²) in [6.45, 7) is 0. The Morgan fingerprint density at radius 1 is 0.381 bits per heavy atom. The van der Waals surface area contributed by atoms with E-state index in [4.69, 9.17) is 46.0 Å². The Bertz CT molecular complexity index is 116. The van der Waals surface area contributed by atoms with Gasteiger partial charge in [0.1, 0.15) is 0 Å². The van der Waals surface area contributed by atoms with Gasteiger partial charge in [0.2, 0.25) is 0 Å². The van der Waals surface area contributed by atoms with E-state index in [0.717, 1.165) is 0 Å².